The Morgan fingerprint density at radius 3 is 2.80 bits per heavy atom. The molecule has 0 spiro atoms. The third-order valence-corrected chi connectivity index (χ3v) is 6.27. The minimum Gasteiger partial charge on any atom is -0.487 e. The van der Waals surface area contributed by atoms with Crippen molar-refractivity contribution in [2.24, 2.45) is 0 Å². The first-order valence-corrected chi connectivity index (χ1v) is 10.7. The Bertz CT molecular complexity index is 1490. The lowest BCUT2D eigenvalue weighted by molar-refractivity contribution is -0.274. The van der Waals surface area contributed by atoms with Crippen molar-refractivity contribution in [1.82, 2.24) is 19.3 Å². The fourth-order valence-electron chi connectivity index (χ4n) is 4.87. The maximum atomic E-state index is 14.7. The van der Waals surface area contributed by atoms with Gasteiger partial charge in [0, 0.05) is 23.6 Å². The Hall–Kier alpha value is -4.09. The van der Waals surface area contributed by atoms with Crippen LogP contribution in [0.4, 0.5) is 23.4 Å². The number of anilines is 1. The van der Waals surface area contributed by atoms with Crippen molar-refractivity contribution in [3.63, 3.8) is 0 Å². The zero-order valence-electron chi connectivity index (χ0n) is 17.9. The smallest absolute Gasteiger partial charge is 0.487 e. The van der Waals surface area contributed by atoms with E-state index in [1.807, 2.05) is 0 Å². The number of rotatable bonds is 2. The summed E-state index contributed by atoms with van der Waals surface area (Å²) in [6.45, 7) is -0.178. The van der Waals surface area contributed by atoms with Gasteiger partial charge < -0.3 is 20.1 Å². The Morgan fingerprint density at radius 1 is 1.17 bits per heavy atom. The molecular formula is C23H17F4N5O3. The van der Waals surface area contributed by atoms with E-state index in [-0.39, 0.29) is 24.3 Å². The zero-order valence-corrected chi connectivity index (χ0v) is 17.9. The monoisotopic (exact) mass is 487 g/mol. The summed E-state index contributed by atoms with van der Waals surface area (Å²) >= 11 is 0. The van der Waals surface area contributed by atoms with Crippen molar-refractivity contribution in [3.8, 4) is 11.5 Å². The zero-order chi connectivity index (χ0) is 24.5. The van der Waals surface area contributed by atoms with Gasteiger partial charge in [-0.15, -0.1) is 13.2 Å². The second-order valence-electron chi connectivity index (χ2n) is 8.49. The normalized spacial score (nSPS) is 21.6. The highest BCUT2D eigenvalue weighted by molar-refractivity contribution is 5.98. The molecule has 4 heterocycles. The molecule has 2 aliphatic rings. The number of carbonyl (C=O) groups excluding carboxylic acids is 1. The van der Waals surface area contributed by atoms with E-state index in [4.69, 9.17) is 10.5 Å². The molecule has 35 heavy (non-hydrogen) atoms. The van der Waals surface area contributed by atoms with Crippen LogP contribution in [0.15, 0.2) is 48.9 Å². The topological polar surface area (TPSA) is 95.0 Å². The molecule has 3 atom stereocenters. The van der Waals surface area contributed by atoms with E-state index < -0.39 is 36.3 Å². The minimum atomic E-state index is -4.86. The molecule has 0 saturated carbocycles. The second-order valence-corrected chi connectivity index (χ2v) is 8.49. The maximum Gasteiger partial charge on any atom is 0.573 e. The molecule has 4 aromatic rings. The van der Waals surface area contributed by atoms with Crippen LogP contribution in [0, 0.1) is 0 Å². The van der Waals surface area contributed by atoms with Crippen LogP contribution in [0.3, 0.4) is 0 Å². The predicted octanol–water partition coefficient (Wildman–Crippen LogP) is 4.05. The van der Waals surface area contributed by atoms with Gasteiger partial charge in [0.25, 0.3) is 5.91 Å². The summed E-state index contributed by atoms with van der Waals surface area (Å²) < 4.78 is 64.0. The van der Waals surface area contributed by atoms with E-state index in [0.29, 0.717) is 27.9 Å². The molecule has 8 nitrogen and oxygen atoms in total. The van der Waals surface area contributed by atoms with Crippen LogP contribution < -0.4 is 15.2 Å². The molecule has 0 aliphatic carbocycles. The number of alkyl halides is 4. The number of aromatic nitrogens is 3. The number of halogens is 4. The molecule has 1 saturated heterocycles. The van der Waals surface area contributed by atoms with Gasteiger partial charge in [-0.25, -0.2) is 14.4 Å². The number of ether oxygens (including phenoxy) is 2. The van der Waals surface area contributed by atoms with Crippen LogP contribution >= 0.6 is 0 Å². The highest BCUT2D eigenvalue weighted by Crippen LogP contribution is 2.47. The third-order valence-electron chi connectivity index (χ3n) is 6.27. The predicted molar refractivity (Wildman–Crippen MR) is 116 cm³/mol. The summed E-state index contributed by atoms with van der Waals surface area (Å²) in [5, 5.41) is 0. The molecule has 1 fully saturated rings. The van der Waals surface area contributed by atoms with E-state index in [2.05, 4.69) is 14.7 Å². The Kier molecular flexibility index (Phi) is 4.57. The van der Waals surface area contributed by atoms with E-state index in [1.165, 1.54) is 11.0 Å². The van der Waals surface area contributed by atoms with Gasteiger partial charge in [-0.3, -0.25) is 9.20 Å². The number of piperidine rings is 1. The van der Waals surface area contributed by atoms with Crippen LogP contribution in [0.1, 0.15) is 28.4 Å². The van der Waals surface area contributed by atoms with Gasteiger partial charge in [0.15, 0.2) is 0 Å². The van der Waals surface area contributed by atoms with E-state index in [0.717, 1.165) is 12.1 Å². The molecular weight excluding hydrogens is 470 g/mol. The number of hydrogen-bond donors (Lipinski definition) is 1. The van der Waals surface area contributed by atoms with E-state index >= 15 is 0 Å². The van der Waals surface area contributed by atoms with Gasteiger partial charge >= 0.3 is 6.36 Å². The number of nitrogen functional groups attached to an aromatic ring is 1. The third kappa shape index (κ3) is 3.56. The quantitative estimate of drug-likeness (QED) is 0.429. The molecule has 2 aromatic heterocycles. The first-order valence-electron chi connectivity index (χ1n) is 10.7. The molecule has 2 aromatic carbocycles. The van der Waals surface area contributed by atoms with Crippen LogP contribution in [0.25, 0.3) is 16.6 Å². The van der Waals surface area contributed by atoms with Crippen molar-refractivity contribution in [2.45, 2.75) is 31.1 Å². The number of imidazole rings is 1. The molecule has 2 N–H and O–H groups in total. The lowest BCUT2D eigenvalue weighted by Gasteiger charge is -2.38. The number of benzene rings is 2. The lowest BCUT2D eigenvalue weighted by Crippen LogP contribution is -2.49. The molecule has 3 unspecified atom stereocenters. The van der Waals surface area contributed by atoms with Crippen LogP contribution in [-0.4, -0.2) is 50.4 Å². The first-order chi connectivity index (χ1) is 16.7. The molecule has 1 amide bonds. The van der Waals surface area contributed by atoms with Crippen molar-refractivity contribution >= 4 is 28.3 Å². The van der Waals surface area contributed by atoms with Gasteiger partial charge in [0.1, 0.15) is 35.1 Å². The SMILES string of the molecule is Nc1nc2ccc(C(=O)N3CC(F)CC4Oc5cc(OC(F)(F)F)ccc5C43)cc2n2cncc12. The molecule has 0 bridgehead atoms. The number of amides is 1. The summed E-state index contributed by atoms with van der Waals surface area (Å²) in [4.78, 5) is 23.4. The first kappa shape index (κ1) is 21.4. The van der Waals surface area contributed by atoms with Crippen molar-refractivity contribution in [3.05, 3.63) is 60.0 Å². The Morgan fingerprint density at radius 2 is 2.00 bits per heavy atom. The summed E-state index contributed by atoms with van der Waals surface area (Å²) in [6, 6.07) is 7.88. The highest BCUT2D eigenvalue weighted by Gasteiger charge is 2.46. The molecule has 2 aliphatic heterocycles. The largest absolute Gasteiger partial charge is 0.573 e. The molecule has 180 valence electrons. The Labute approximate surface area is 194 Å². The average Bonchev–Trinajstić information content (AvgIpc) is 3.42. The number of likely N-dealkylation sites (tertiary alicyclic amines) is 1. The molecule has 12 heteroatoms. The van der Waals surface area contributed by atoms with E-state index in [9.17, 15) is 22.4 Å². The fraction of sp³-hybridized carbons (Fsp3) is 0.261. The number of hydrogen-bond acceptors (Lipinski definition) is 6. The van der Waals surface area contributed by atoms with Crippen molar-refractivity contribution in [2.75, 3.05) is 12.3 Å². The number of carbonyl (C=O) groups is 1. The van der Waals surface area contributed by atoms with Gasteiger partial charge in [-0.05, 0) is 30.3 Å². The van der Waals surface area contributed by atoms with Crippen molar-refractivity contribution < 1.29 is 31.8 Å². The number of fused-ring (bicyclic) bond motifs is 6. The molecule has 6 rings (SSSR count). The van der Waals surface area contributed by atoms with Crippen molar-refractivity contribution in [1.29, 1.82) is 0 Å². The van der Waals surface area contributed by atoms with E-state index in [1.54, 1.807) is 35.1 Å². The summed E-state index contributed by atoms with van der Waals surface area (Å²) in [5.74, 6) is -0.467. The number of nitrogens with two attached hydrogens (primary N) is 1. The highest BCUT2D eigenvalue weighted by atomic mass is 19.4. The minimum absolute atomic E-state index is 0.00909. The lowest BCUT2D eigenvalue weighted by atomic mass is 9.92. The Balaban J connectivity index is 1.38. The maximum absolute atomic E-state index is 14.7. The van der Waals surface area contributed by atoms with Gasteiger partial charge in [-0.1, -0.05) is 0 Å². The summed E-state index contributed by atoms with van der Waals surface area (Å²) in [6.07, 6.45) is -3.83. The van der Waals surface area contributed by atoms with Gasteiger partial charge in [0.2, 0.25) is 0 Å². The second kappa shape index (κ2) is 7.45. The average molecular weight is 487 g/mol. The van der Waals surface area contributed by atoms with Crippen LogP contribution in [0.2, 0.25) is 0 Å². The molecule has 0 radical (unpaired) electrons. The fourth-order valence-corrected chi connectivity index (χ4v) is 4.87. The standard InChI is InChI=1S/C23H17F4N5O3/c24-12-6-19-20(14-3-2-13(7-18(14)34-19)35-23(25,26)27)31(9-12)22(33)11-1-4-15-16(5-11)32-10-29-8-17(32)21(28)30-15/h1-5,7-8,10,12,19-20H,6,9H2,(H2,28,30). The van der Waals surface area contributed by atoms with Gasteiger partial charge in [0.05, 0.1) is 36.1 Å². The van der Waals surface area contributed by atoms with Crippen LogP contribution in [-0.2, 0) is 0 Å². The van der Waals surface area contributed by atoms with Crippen LogP contribution in [0.5, 0.6) is 11.5 Å². The summed E-state index contributed by atoms with van der Waals surface area (Å²) in [7, 11) is 0. The summed E-state index contributed by atoms with van der Waals surface area (Å²) in [5.41, 5.74) is 8.49. The number of nitrogens with zero attached hydrogens (tertiary/aromatic N) is 4. The van der Waals surface area contributed by atoms with Gasteiger partial charge in [-0.2, -0.15) is 0 Å².